The van der Waals surface area contributed by atoms with Gasteiger partial charge in [0.2, 0.25) is 0 Å². The summed E-state index contributed by atoms with van der Waals surface area (Å²) in [6.07, 6.45) is 0.915. The van der Waals surface area contributed by atoms with Crippen molar-refractivity contribution in [3.8, 4) is 28.3 Å². The fourth-order valence-electron chi connectivity index (χ4n) is 2.73. The van der Waals surface area contributed by atoms with Crippen molar-refractivity contribution in [3.05, 3.63) is 59.7 Å². The third-order valence-corrected chi connectivity index (χ3v) is 3.66. The standard InChI is InChI=1S/C16H12N2O.Na/c19-12-7-5-10(6-8-12)15-14-9-11-3-1-2-4-13(11)16(14)18-17-15;/h1-8,19H,9H2,(H,17,18);/q;+1. The Hall–Kier alpha value is -1.55. The molecule has 3 nitrogen and oxygen atoms in total. The van der Waals surface area contributed by atoms with Crippen molar-refractivity contribution in [3.63, 3.8) is 0 Å². The number of aromatic nitrogens is 2. The summed E-state index contributed by atoms with van der Waals surface area (Å²) in [5, 5.41) is 16.9. The van der Waals surface area contributed by atoms with Crippen LogP contribution in [-0.2, 0) is 6.42 Å². The van der Waals surface area contributed by atoms with Crippen molar-refractivity contribution in [2.45, 2.75) is 6.42 Å². The Kier molecular flexibility index (Phi) is 3.42. The Morgan fingerprint density at radius 1 is 1.00 bits per heavy atom. The quantitative estimate of drug-likeness (QED) is 0.491. The molecule has 0 fully saturated rings. The molecule has 0 saturated carbocycles. The van der Waals surface area contributed by atoms with Gasteiger partial charge in [0.1, 0.15) is 5.75 Å². The molecule has 4 rings (SSSR count). The van der Waals surface area contributed by atoms with Crippen LogP contribution in [0, 0.1) is 0 Å². The zero-order chi connectivity index (χ0) is 12.8. The number of hydrogen-bond acceptors (Lipinski definition) is 2. The maximum Gasteiger partial charge on any atom is 1.00 e. The molecule has 0 atom stereocenters. The van der Waals surface area contributed by atoms with E-state index in [-0.39, 0.29) is 35.3 Å². The fraction of sp³-hybridized carbons (Fsp3) is 0.0625. The summed E-state index contributed by atoms with van der Waals surface area (Å²) in [7, 11) is 0. The zero-order valence-corrected chi connectivity index (χ0v) is 13.2. The van der Waals surface area contributed by atoms with E-state index in [0.717, 1.165) is 23.4 Å². The molecule has 1 heterocycles. The monoisotopic (exact) mass is 271 g/mol. The minimum atomic E-state index is 0. The number of nitrogens with zero attached hydrogens (tertiary/aromatic N) is 1. The zero-order valence-electron chi connectivity index (χ0n) is 11.2. The molecule has 1 aliphatic rings. The predicted octanol–water partition coefficient (Wildman–Crippen LogP) is 0.357. The van der Waals surface area contributed by atoms with Crippen LogP contribution in [-0.4, -0.2) is 15.3 Å². The number of aromatic hydroxyl groups is 1. The number of fused-ring (bicyclic) bond motifs is 3. The smallest absolute Gasteiger partial charge is 0.508 e. The number of rotatable bonds is 1. The minimum Gasteiger partial charge on any atom is -0.508 e. The van der Waals surface area contributed by atoms with E-state index >= 15 is 0 Å². The van der Waals surface area contributed by atoms with Crippen LogP contribution in [0.2, 0.25) is 0 Å². The largest absolute Gasteiger partial charge is 1.00 e. The van der Waals surface area contributed by atoms with Crippen molar-refractivity contribution in [2.24, 2.45) is 0 Å². The van der Waals surface area contributed by atoms with Crippen LogP contribution in [0.5, 0.6) is 5.75 Å². The van der Waals surface area contributed by atoms with Gasteiger partial charge >= 0.3 is 29.6 Å². The second-order valence-electron chi connectivity index (χ2n) is 4.81. The van der Waals surface area contributed by atoms with Gasteiger partial charge in [-0.3, -0.25) is 5.10 Å². The van der Waals surface area contributed by atoms with Crippen LogP contribution in [0.1, 0.15) is 11.1 Å². The van der Waals surface area contributed by atoms with Gasteiger partial charge in [-0.1, -0.05) is 24.3 Å². The molecule has 0 radical (unpaired) electrons. The maximum atomic E-state index is 9.36. The van der Waals surface area contributed by atoms with Crippen molar-refractivity contribution >= 4 is 0 Å². The van der Waals surface area contributed by atoms with E-state index in [2.05, 4.69) is 34.5 Å². The molecule has 0 bridgehead atoms. The number of benzene rings is 2. The molecule has 2 N–H and O–H groups in total. The molecule has 20 heavy (non-hydrogen) atoms. The fourth-order valence-corrected chi connectivity index (χ4v) is 2.73. The predicted molar refractivity (Wildman–Crippen MR) is 73.9 cm³/mol. The molecule has 2 aromatic carbocycles. The summed E-state index contributed by atoms with van der Waals surface area (Å²) in [4.78, 5) is 0. The SMILES string of the molecule is Oc1ccc(-c2n[nH]c3c2Cc2ccccc2-3)cc1.[Na+]. The Bertz CT molecular complexity index is 762. The molecule has 0 aliphatic heterocycles. The van der Waals surface area contributed by atoms with Crippen LogP contribution in [0.4, 0.5) is 0 Å². The summed E-state index contributed by atoms with van der Waals surface area (Å²) >= 11 is 0. The summed E-state index contributed by atoms with van der Waals surface area (Å²) in [6.45, 7) is 0. The van der Waals surface area contributed by atoms with Crippen LogP contribution in [0.25, 0.3) is 22.5 Å². The number of H-pyrrole nitrogens is 1. The van der Waals surface area contributed by atoms with Gasteiger partial charge in [0.05, 0.1) is 11.4 Å². The molecule has 0 amide bonds. The van der Waals surface area contributed by atoms with Gasteiger partial charge in [-0.25, -0.2) is 0 Å². The number of hydrogen-bond donors (Lipinski definition) is 2. The van der Waals surface area contributed by atoms with Crippen LogP contribution >= 0.6 is 0 Å². The van der Waals surface area contributed by atoms with Crippen molar-refractivity contribution in [1.29, 1.82) is 0 Å². The second kappa shape index (κ2) is 5.09. The maximum absolute atomic E-state index is 9.36. The van der Waals surface area contributed by atoms with E-state index in [0.29, 0.717) is 0 Å². The second-order valence-corrected chi connectivity index (χ2v) is 4.81. The van der Waals surface area contributed by atoms with Gasteiger partial charge in [0.25, 0.3) is 0 Å². The van der Waals surface area contributed by atoms with E-state index in [4.69, 9.17) is 0 Å². The molecule has 92 valence electrons. The van der Waals surface area contributed by atoms with Crippen molar-refractivity contribution < 1.29 is 34.7 Å². The van der Waals surface area contributed by atoms with E-state index in [1.165, 1.54) is 16.7 Å². The van der Waals surface area contributed by atoms with E-state index < -0.39 is 0 Å². The number of phenols is 1. The average molecular weight is 271 g/mol. The molecular weight excluding hydrogens is 259 g/mol. The van der Waals surface area contributed by atoms with Gasteiger partial charge in [-0.15, -0.1) is 0 Å². The first-order valence-electron chi connectivity index (χ1n) is 6.28. The number of aromatic amines is 1. The molecular formula is C16H12N2NaO+. The number of phenolic OH excluding ortho intramolecular Hbond substituents is 1. The summed E-state index contributed by atoms with van der Waals surface area (Å²) in [5.41, 5.74) is 6.96. The first kappa shape index (κ1) is 13.4. The molecule has 3 aromatic rings. The molecule has 1 aliphatic carbocycles. The van der Waals surface area contributed by atoms with Gasteiger partial charge in [-0.05, 0) is 29.8 Å². The topological polar surface area (TPSA) is 48.9 Å². The first-order valence-corrected chi connectivity index (χ1v) is 6.28. The Morgan fingerprint density at radius 3 is 2.55 bits per heavy atom. The molecule has 1 aromatic heterocycles. The minimum absolute atomic E-state index is 0. The normalized spacial score (nSPS) is 11.6. The molecule has 0 spiro atoms. The van der Waals surface area contributed by atoms with E-state index in [9.17, 15) is 5.11 Å². The third kappa shape index (κ3) is 1.99. The Morgan fingerprint density at radius 2 is 1.75 bits per heavy atom. The van der Waals surface area contributed by atoms with Crippen LogP contribution < -0.4 is 29.6 Å². The molecule has 0 unspecified atom stereocenters. The number of nitrogens with one attached hydrogen (secondary N) is 1. The van der Waals surface area contributed by atoms with E-state index in [1.807, 2.05) is 12.1 Å². The Labute approximate surface area is 139 Å². The van der Waals surface area contributed by atoms with Gasteiger partial charge < -0.3 is 5.11 Å². The van der Waals surface area contributed by atoms with Crippen LogP contribution in [0.3, 0.4) is 0 Å². The van der Waals surface area contributed by atoms with Gasteiger partial charge in [-0.2, -0.15) is 5.10 Å². The molecule has 4 heteroatoms. The Balaban J connectivity index is 0.00000121. The van der Waals surface area contributed by atoms with Crippen molar-refractivity contribution in [2.75, 3.05) is 0 Å². The average Bonchev–Trinajstić information content (AvgIpc) is 2.98. The van der Waals surface area contributed by atoms with Gasteiger partial charge in [0.15, 0.2) is 0 Å². The molecule has 0 saturated heterocycles. The van der Waals surface area contributed by atoms with E-state index in [1.54, 1.807) is 12.1 Å². The first-order chi connectivity index (χ1) is 9.33. The van der Waals surface area contributed by atoms with Crippen molar-refractivity contribution in [1.82, 2.24) is 10.2 Å². The summed E-state index contributed by atoms with van der Waals surface area (Å²) in [6, 6.07) is 15.6. The summed E-state index contributed by atoms with van der Waals surface area (Å²) < 4.78 is 0. The van der Waals surface area contributed by atoms with Crippen LogP contribution in [0.15, 0.2) is 48.5 Å². The third-order valence-electron chi connectivity index (χ3n) is 3.66. The summed E-state index contributed by atoms with van der Waals surface area (Å²) in [5.74, 6) is 0.277. The van der Waals surface area contributed by atoms with Gasteiger partial charge in [0, 0.05) is 23.1 Å².